The Morgan fingerprint density at radius 3 is 2.56 bits per heavy atom. The highest BCUT2D eigenvalue weighted by atomic mass is 16.4. The van der Waals surface area contributed by atoms with Crippen LogP contribution in [0.2, 0.25) is 0 Å². The summed E-state index contributed by atoms with van der Waals surface area (Å²) in [4.78, 5) is 11.0. The predicted octanol–water partition coefficient (Wildman–Crippen LogP) is 0.832. The van der Waals surface area contributed by atoms with E-state index in [1.807, 2.05) is 0 Å². The van der Waals surface area contributed by atoms with E-state index in [-0.39, 0.29) is 24.3 Å². The zero-order chi connectivity index (χ0) is 12.3. The minimum absolute atomic E-state index is 0.0287. The first kappa shape index (κ1) is 12.3. The molecule has 16 heavy (non-hydrogen) atoms. The maximum absolute atomic E-state index is 11.0. The molecule has 0 aromatic heterocycles. The van der Waals surface area contributed by atoms with Gasteiger partial charge in [0.2, 0.25) is 0 Å². The van der Waals surface area contributed by atoms with Crippen LogP contribution in [0.5, 0.6) is 11.5 Å². The fourth-order valence-electron chi connectivity index (χ4n) is 1.41. The first-order valence-corrected chi connectivity index (χ1v) is 4.92. The molecular weight excluding hydrogens is 210 g/mol. The number of benzene rings is 1. The first-order valence-electron chi connectivity index (χ1n) is 4.92. The topological polar surface area (TPSA) is 104 Å². The van der Waals surface area contributed by atoms with Crippen molar-refractivity contribution >= 4 is 5.97 Å². The number of hydrogen-bond acceptors (Lipinski definition) is 4. The fraction of sp³-hybridized carbons (Fsp3) is 0.364. The number of rotatable bonds is 4. The van der Waals surface area contributed by atoms with Crippen molar-refractivity contribution < 1.29 is 20.1 Å². The molecule has 0 fully saturated rings. The van der Waals surface area contributed by atoms with Crippen LogP contribution in [0.1, 0.15) is 18.9 Å². The van der Waals surface area contributed by atoms with Crippen molar-refractivity contribution in [3.63, 3.8) is 0 Å². The Morgan fingerprint density at radius 2 is 2.06 bits per heavy atom. The zero-order valence-corrected chi connectivity index (χ0v) is 8.97. The van der Waals surface area contributed by atoms with Crippen LogP contribution in [0, 0.1) is 0 Å². The van der Waals surface area contributed by atoms with Gasteiger partial charge in [0.25, 0.3) is 0 Å². The molecule has 0 saturated heterocycles. The number of phenols is 2. The van der Waals surface area contributed by atoms with E-state index in [1.165, 1.54) is 18.2 Å². The van der Waals surface area contributed by atoms with Crippen LogP contribution in [0.25, 0.3) is 0 Å². The van der Waals surface area contributed by atoms with Crippen molar-refractivity contribution in [2.45, 2.75) is 25.3 Å². The molecule has 5 heteroatoms. The van der Waals surface area contributed by atoms with E-state index < -0.39 is 11.5 Å². The Hall–Kier alpha value is -1.75. The van der Waals surface area contributed by atoms with Gasteiger partial charge >= 0.3 is 5.97 Å². The average Bonchev–Trinajstić information content (AvgIpc) is 2.23. The lowest BCUT2D eigenvalue weighted by Crippen LogP contribution is -2.49. The summed E-state index contributed by atoms with van der Waals surface area (Å²) in [5.74, 6) is -1.23. The van der Waals surface area contributed by atoms with Crippen LogP contribution < -0.4 is 5.73 Å². The van der Waals surface area contributed by atoms with E-state index in [1.54, 1.807) is 6.92 Å². The molecule has 0 aliphatic rings. The summed E-state index contributed by atoms with van der Waals surface area (Å²) in [7, 11) is 0. The highest BCUT2D eigenvalue weighted by Crippen LogP contribution is 2.26. The molecule has 88 valence electrons. The smallest absolute Gasteiger partial charge is 0.324 e. The van der Waals surface area contributed by atoms with Gasteiger partial charge in [0.05, 0.1) is 0 Å². The van der Waals surface area contributed by atoms with Crippen molar-refractivity contribution in [1.82, 2.24) is 0 Å². The summed E-state index contributed by atoms with van der Waals surface area (Å²) >= 11 is 0. The maximum atomic E-state index is 11.0. The third kappa shape index (κ3) is 2.43. The van der Waals surface area contributed by atoms with Crippen LogP contribution in [0.3, 0.4) is 0 Å². The molecule has 0 amide bonds. The maximum Gasteiger partial charge on any atom is 0.324 e. The third-order valence-electron chi connectivity index (χ3n) is 2.63. The SMILES string of the molecule is CC[C@](N)(Cc1cc(O)ccc1O)C(=O)O. The second kappa shape index (κ2) is 4.40. The average molecular weight is 225 g/mol. The first-order chi connectivity index (χ1) is 7.39. The van der Waals surface area contributed by atoms with Crippen molar-refractivity contribution in [3.8, 4) is 11.5 Å². The lowest BCUT2D eigenvalue weighted by atomic mass is 9.89. The number of phenolic OH excluding ortho intramolecular Hbond substituents is 2. The molecule has 0 saturated carbocycles. The van der Waals surface area contributed by atoms with Gasteiger partial charge < -0.3 is 21.1 Å². The number of aliphatic carboxylic acids is 1. The standard InChI is InChI=1S/C11H15NO4/c1-2-11(12,10(15)16)6-7-5-8(13)3-4-9(7)14/h3-5,13-14H,2,6,12H2,1H3,(H,15,16)/t11-/m0/s1. The summed E-state index contributed by atoms with van der Waals surface area (Å²) in [6, 6.07) is 3.95. The third-order valence-corrected chi connectivity index (χ3v) is 2.63. The quantitative estimate of drug-likeness (QED) is 0.568. The summed E-state index contributed by atoms with van der Waals surface area (Å²) < 4.78 is 0. The molecule has 0 unspecified atom stereocenters. The van der Waals surface area contributed by atoms with Crippen LogP contribution in [-0.2, 0) is 11.2 Å². The van der Waals surface area contributed by atoms with E-state index in [0.717, 1.165) is 0 Å². The van der Waals surface area contributed by atoms with Gasteiger partial charge in [-0.25, -0.2) is 0 Å². The van der Waals surface area contributed by atoms with E-state index >= 15 is 0 Å². The monoisotopic (exact) mass is 225 g/mol. The molecule has 0 aliphatic heterocycles. The van der Waals surface area contributed by atoms with E-state index in [0.29, 0.717) is 5.56 Å². The predicted molar refractivity (Wildman–Crippen MR) is 58.3 cm³/mol. The van der Waals surface area contributed by atoms with Gasteiger partial charge in [-0.05, 0) is 30.2 Å². The summed E-state index contributed by atoms with van der Waals surface area (Å²) in [6.45, 7) is 1.66. The Labute approximate surface area is 93.1 Å². The number of nitrogens with two attached hydrogens (primary N) is 1. The Bertz CT molecular complexity index is 405. The van der Waals surface area contributed by atoms with Gasteiger partial charge in [-0.15, -0.1) is 0 Å². The highest BCUT2D eigenvalue weighted by Gasteiger charge is 2.32. The highest BCUT2D eigenvalue weighted by molar-refractivity contribution is 5.79. The lowest BCUT2D eigenvalue weighted by molar-refractivity contribution is -0.143. The van der Waals surface area contributed by atoms with Crippen LogP contribution in [-0.4, -0.2) is 26.8 Å². The fourth-order valence-corrected chi connectivity index (χ4v) is 1.41. The Balaban J connectivity index is 3.03. The zero-order valence-electron chi connectivity index (χ0n) is 8.97. The van der Waals surface area contributed by atoms with E-state index in [2.05, 4.69) is 0 Å². The minimum atomic E-state index is -1.43. The summed E-state index contributed by atoms with van der Waals surface area (Å²) in [5.41, 5.74) is 4.60. The molecule has 1 aromatic carbocycles. The minimum Gasteiger partial charge on any atom is -0.508 e. The molecule has 0 spiro atoms. The van der Waals surface area contributed by atoms with Gasteiger partial charge in [-0.1, -0.05) is 6.92 Å². The van der Waals surface area contributed by atoms with Crippen LogP contribution in [0.15, 0.2) is 18.2 Å². The second-order valence-electron chi connectivity index (χ2n) is 3.80. The molecule has 0 radical (unpaired) electrons. The molecule has 0 bridgehead atoms. The second-order valence-corrected chi connectivity index (χ2v) is 3.80. The molecule has 0 aliphatic carbocycles. The van der Waals surface area contributed by atoms with Crippen molar-refractivity contribution in [1.29, 1.82) is 0 Å². The largest absolute Gasteiger partial charge is 0.508 e. The van der Waals surface area contributed by atoms with Gasteiger partial charge in [0, 0.05) is 6.42 Å². The lowest BCUT2D eigenvalue weighted by Gasteiger charge is -2.23. The van der Waals surface area contributed by atoms with Gasteiger partial charge in [0.15, 0.2) is 0 Å². The number of aromatic hydroxyl groups is 2. The van der Waals surface area contributed by atoms with Gasteiger partial charge in [-0.3, -0.25) is 4.79 Å². The van der Waals surface area contributed by atoms with Gasteiger partial charge in [0.1, 0.15) is 17.0 Å². The van der Waals surface area contributed by atoms with E-state index in [9.17, 15) is 15.0 Å². The van der Waals surface area contributed by atoms with Crippen molar-refractivity contribution in [2.24, 2.45) is 5.73 Å². The molecular formula is C11H15NO4. The number of carboxylic acids is 1. The van der Waals surface area contributed by atoms with Crippen LogP contribution >= 0.6 is 0 Å². The van der Waals surface area contributed by atoms with E-state index in [4.69, 9.17) is 10.8 Å². The number of carboxylic acid groups (broad SMARTS) is 1. The summed E-state index contributed by atoms with van der Waals surface area (Å²) in [5, 5.41) is 27.7. The molecule has 5 N–H and O–H groups in total. The number of carbonyl (C=O) groups is 1. The van der Waals surface area contributed by atoms with Crippen molar-refractivity contribution in [3.05, 3.63) is 23.8 Å². The molecule has 1 rings (SSSR count). The Morgan fingerprint density at radius 1 is 1.44 bits per heavy atom. The van der Waals surface area contributed by atoms with Crippen LogP contribution in [0.4, 0.5) is 0 Å². The molecule has 1 aromatic rings. The molecule has 0 heterocycles. The Kier molecular flexibility index (Phi) is 3.39. The molecule has 1 atom stereocenters. The molecule has 5 nitrogen and oxygen atoms in total. The number of hydrogen-bond donors (Lipinski definition) is 4. The van der Waals surface area contributed by atoms with Gasteiger partial charge in [-0.2, -0.15) is 0 Å². The normalized spacial score (nSPS) is 14.4. The summed E-state index contributed by atoms with van der Waals surface area (Å²) in [6.07, 6.45) is 0.205. The van der Waals surface area contributed by atoms with Crippen molar-refractivity contribution in [2.75, 3.05) is 0 Å².